The average molecular weight is 247 g/mol. The lowest BCUT2D eigenvalue weighted by Gasteiger charge is -2.27. The number of pyridine rings is 1. The van der Waals surface area contributed by atoms with Crippen molar-refractivity contribution in [1.29, 1.82) is 0 Å². The van der Waals surface area contributed by atoms with E-state index in [9.17, 15) is 4.79 Å². The molecule has 18 heavy (non-hydrogen) atoms. The number of nitrogens with two attached hydrogens (primary N) is 1. The van der Waals surface area contributed by atoms with Crippen molar-refractivity contribution in [2.75, 3.05) is 6.54 Å². The summed E-state index contributed by atoms with van der Waals surface area (Å²) in [5.41, 5.74) is 6.35. The highest BCUT2D eigenvalue weighted by molar-refractivity contribution is 5.83. The van der Waals surface area contributed by atoms with Crippen LogP contribution in [0.5, 0.6) is 0 Å². The van der Waals surface area contributed by atoms with Crippen LogP contribution in [0, 0.1) is 5.41 Å². The van der Waals surface area contributed by atoms with Gasteiger partial charge in [-0.3, -0.25) is 9.78 Å². The molecule has 98 valence electrons. The van der Waals surface area contributed by atoms with Gasteiger partial charge < -0.3 is 11.1 Å². The largest absolute Gasteiger partial charge is 0.347 e. The lowest BCUT2D eigenvalue weighted by molar-refractivity contribution is -0.131. The molecular formula is C14H21N3O. The van der Waals surface area contributed by atoms with E-state index in [0.29, 0.717) is 6.54 Å². The average Bonchev–Trinajstić information content (AvgIpc) is 2.89. The van der Waals surface area contributed by atoms with Gasteiger partial charge in [0.1, 0.15) is 0 Å². The van der Waals surface area contributed by atoms with Crippen molar-refractivity contribution in [1.82, 2.24) is 10.3 Å². The third-order valence-electron chi connectivity index (χ3n) is 3.91. The molecule has 0 spiro atoms. The number of carbonyl (C=O) groups is 1. The van der Waals surface area contributed by atoms with Crippen LogP contribution >= 0.6 is 0 Å². The highest BCUT2D eigenvalue weighted by Gasteiger charge is 2.40. The van der Waals surface area contributed by atoms with Crippen molar-refractivity contribution < 1.29 is 4.79 Å². The quantitative estimate of drug-likeness (QED) is 0.852. The number of aromatic nitrogens is 1. The van der Waals surface area contributed by atoms with E-state index in [1.165, 1.54) is 0 Å². The summed E-state index contributed by atoms with van der Waals surface area (Å²) >= 11 is 0. The maximum absolute atomic E-state index is 12.4. The second-order valence-corrected chi connectivity index (χ2v) is 5.14. The summed E-state index contributed by atoms with van der Waals surface area (Å²) in [5, 5.41) is 3.05. The summed E-state index contributed by atoms with van der Waals surface area (Å²) in [5.74, 6) is 0.0839. The molecule has 4 nitrogen and oxygen atoms in total. The van der Waals surface area contributed by atoms with Gasteiger partial charge in [-0.1, -0.05) is 18.9 Å². The van der Waals surface area contributed by atoms with Crippen LogP contribution in [-0.2, 0) is 4.79 Å². The number of amides is 1. The van der Waals surface area contributed by atoms with Crippen LogP contribution < -0.4 is 11.1 Å². The van der Waals surface area contributed by atoms with Gasteiger partial charge in [0.2, 0.25) is 5.91 Å². The molecular weight excluding hydrogens is 226 g/mol. The van der Waals surface area contributed by atoms with Gasteiger partial charge in [-0.2, -0.15) is 0 Å². The maximum Gasteiger partial charge on any atom is 0.228 e. The third kappa shape index (κ3) is 2.53. The van der Waals surface area contributed by atoms with Gasteiger partial charge in [-0.15, -0.1) is 0 Å². The standard InChI is InChI=1S/C14H21N3O/c1-11(12-6-2-5-9-16-12)17-13(18)14(10-15)7-3-4-8-14/h2,5-6,9,11H,3-4,7-8,10,15H2,1H3,(H,17,18). The molecule has 3 N–H and O–H groups in total. The van der Waals surface area contributed by atoms with Gasteiger partial charge in [-0.05, 0) is 31.9 Å². The Morgan fingerprint density at radius 3 is 2.78 bits per heavy atom. The van der Waals surface area contributed by atoms with Crippen LogP contribution in [-0.4, -0.2) is 17.4 Å². The number of hydrogen-bond acceptors (Lipinski definition) is 3. The van der Waals surface area contributed by atoms with Crippen molar-refractivity contribution in [3.05, 3.63) is 30.1 Å². The molecule has 0 aliphatic heterocycles. The molecule has 0 bridgehead atoms. The van der Waals surface area contributed by atoms with E-state index in [-0.39, 0.29) is 17.4 Å². The number of rotatable bonds is 4. The lowest BCUT2D eigenvalue weighted by atomic mass is 9.85. The second kappa shape index (κ2) is 5.48. The lowest BCUT2D eigenvalue weighted by Crippen LogP contribution is -2.45. The summed E-state index contributed by atoms with van der Waals surface area (Å²) in [6, 6.07) is 5.66. The summed E-state index contributed by atoms with van der Waals surface area (Å²) in [4.78, 5) is 16.6. The predicted molar refractivity (Wildman–Crippen MR) is 70.8 cm³/mol. The zero-order valence-corrected chi connectivity index (χ0v) is 10.9. The minimum atomic E-state index is -0.344. The second-order valence-electron chi connectivity index (χ2n) is 5.14. The van der Waals surface area contributed by atoms with Gasteiger partial charge in [0, 0.05) is 12.7 Å². The van der Waals surface area contributed by atoms with Gasteiger partial charge >= 0.3 is 0 Å². The van der Waals surface area contributed by atoms with Gasteiger partial charge in [0.25, 0.3) is 0 Å². The zero-order valence-electron chi connectivity index (χ0n) is 10.9. The molecule has 0 saturated heterocycles. The number of hydrogen-bond donors (Lipinski definition) is 2. The molecule has 0 aromatic carbocycles. The van der Waals surface area contributed by atoms with E-state index in [1.54, 1.807) is 6.20 Å². The van der Waals surface area contributed by atoms with Crippen molar-refractivity contribution in [3.63, 3.8) is 0 Å². The molecule has 1 aromatic heterocycles. The van der Waals surface area contributed by atoms with Gasteiger partial charge in [-0.25, -0.2) is 0 Å². The molecule has 4 heteroatoms. The van der Waals surface area contributed by atoms with Crippen LogP contribution in [0.15, 0.2) is 24.4 Å². The molecule has 0 radical (unpaired) electrons. The molecule has 1 aromatic rings. The number of nitrogens with zero attached hydrogens (tertiary/aromatic N) is 1. The molecule has 1 unspecified atom stereocenters. The van der Waals surface area contributed by atoms with E-state index in [1.807, 2.05) is 25.1 Å². The fraction of sp³-hybridized carbons (Fsp3) is 0.571. The predicted octanol–water partition coefficient (Wildman–Crippen LogP) is 1.78. The van der Waals surface area contributed by atoms with Crippen molar-refractivity contribution in [3.8, 4) is 0 Å². The molecule has 1 amide bonds. The van der Waals surface area contributed by atoms with E-state index in [2.05, 4.69) is 10.3 Å². The fourth-order valence-electron chi connectivity index (χ4n) is 2.63. The molecule has 1 aliphatic carbocycles. The Morgan fingerprint density at radius 2 is 2.22 bits per heavy atom. The Morgan fingerprint density at radius 1 is 1.50 bits per heavy atom. The van der Waals surface area contributed by atoms with Gasteiger partial charge in [0.05, 0.1) is 17.2 Å². The molecule has 1 aliphatic rings. The van der Waals surface area contributed by atoms with Crippen molar-refractivity contribution in [2.45, 2.75) is 38.6 Å². The Bertz CT molecular complexity index is 399. The van der Waals surface area contributed by atoms with E-state index in [4.69, 9.17) is 5.73 Å². The topological polar surface area (TPSA) is 68.0 Å². The van der Waals surface area contributed by atoms with Crippen molar-refractivity contribution >= 4 is 5.91 Å². The van der Waals surface area contributed by atoms with Crippen molar-refractivity contribution in [2.24, 2.45) is 11.1 Å². The molecule has 1 heterocycles. The van der Waals surface area contributed by atoms with Crippen LogP contribution in [0.25, 0.3) is 0 Å². The molecule has 1 saturated carbocycles. The van der Waals surface area contributed by atoms with Gasteiger partial charge in [0.15, 0.2) is 0 Å². The van der Waals surface area contributed by atoms with Crippen LogP contribution in [0.3, 0.4) is 0 Å². The number of carbonyl (C=O) groups excluding carboxylic acids is 1. The normalized spacial score (nSPS) is 19.4. The zero-order chi connectivity index (χ0) is 13.0. The molecule has 1 fully saturated rings. The highest BCUT2D eigenvalue weighted by Crippen LogP contribution is 2.37. The SMILES string of the molecule is CC(NC(=O)C1(CN)CCCC1)c1ccccn1. The van der Waals surface area contributed by atoms with E-state index < -0.39 is 0 Å². The van der Waals surface area contributed by atoms with Crippen LogP contribution in [0.4, 0.5) is 0 Å². The first-order valence-electron chi connectivity index (χ1n) is 6.60. The van der Waals surface area contributed by atoms with E-state index in [0.717, 1.165) is 31.4 Å². The highest BCUT2D eigenvalue weighted by atomic mass is 16.2. The smallest absolute Gasteiger partial charge is 0.228 e. The van der Waals surface area contributed by atoms with Crippen LogP contribution in [0.2, 0.25) is 0 Å². The summed E-state index contributed by atoms with van der Waals surface area (Å²) in [6.07, 6.45) is 5.76. The summed E-state index contributed by atoms with van der Waals surface area (Å²) < 4.78 is 0. The Labute approximate surface area is 108 Å². The summed E-state index contributed by atoms with van der Waals surface area (Å²) in [6.45, 7) is 2.40. The number of nitrogens with one attached hydrogen (secondary N) is 1. The van der Waals surface area contributed by atoms with E-state index >= 15 is 0 Å². The first kappa shape index (κ1) is 13.0. The fourth-order valence-corrected chi connectivity index (χ4v) is 2.63. The first-order chi connectivity index (χ1) is 8.68. The Hall–Kier alpha value is -1.42. The molecule has 1 atom stereocenters. The minimum absolute atomic E-state index is 0.0669. The summed E-state index contributed by atoms with van der Waals surface area (Å²) in [7, 11) is 0. The third-order valence-corrected chi connectivity index (χ3v) is 3.91. The molecule has 2 rings (SSSR count). The monoisotopic (exact) mass is 247 g/mol. The maximum atomic E-state index is 12.4. The Balaban J connectivity index is 2.03. The van der Waals surface area contributed by atoms with Crippen LogP contribution in [0.1, 0.15) is 44.3 Å². The Kier molecular flexibility index (Phi) is 3.97. The minimum Gasteiger partial charge on any atom is -0.347 e. The first-order valence-corrected chi connectivity index (χ1v) is 6.60.